The lowest BCUT2D eigenvalue weighted by atomic mass is 9.80. The topological polar surface area (TPSA) is 9.86 Å². The van der Waals surface area contributed by atoms with Crippen LogP contribution in [-0.4, -0.2) is 9.13 Å². The van der Waals surface area contributed by atoms with Crippen molar-refractivity contribution in [3.05, 3.63) is 236 Å². The van der Waals surface area contributed by atoms with E-state index in [1.165, 1.54) is 89.0 Å². The Morgan fingerprint density at radius 2 is 0.902 bits per heavy atom. The number of rotatable bonds is 8. The SMILES string of the molecule is CC1CC=CC=C1c1c2cc(-n3c(-c4ccccc4)ccc3-c3ccccc3)ccc2c(-c2ccccc2)c2cc(-n3c(-c4ccccc4)ccc3C3C=CC=CC3)ccc12. The molecule has 11 rings (SSSR count). The van der Waals surface area contributed by atoms with Gasteiger partial charge in [-0.05, 0) is 128 Å². The van der Waals surface area contributed by atoms with Gasteiger partial charge in [0.25, 0.3) is 0 Å². The first-order valence-corrected chi connectivity index (χ1v) is 21.6. The van der Waals surface area contributed by atoms with Crippen LogP contribution in [0.1, 0.15) is 36.9 Å². The number of hydrogen-bond acceptors (Lipinski definition) is 0. The molecule has 2 aromatic heterocycles. The maximum absolute atomic E-state index is 2.51. The van der Waals surface area contributed by atoms with E-state index in [1.807, 2.05) is 0 Å². The molecule has 2 aliphatic rings. The Labute approximate surface area is 358 Å². The fraction of sp³-hybridized carbons (Fsp3) is 0.0847. The Balaban J connectivity index is 1.23. The highest BCUT2D eigenvalue weighted by atomic mass is 15.0. The average Bonchev–Trinajstić information content (AvgIpc) is 3.99. The molecule has 2 heteroatoms. The van der Waals surface area contributed by atoms with Gasteiger partial charge in [0.05, 0.1) is 17.1 Å². The van der Waals surface area contributed by atoms with Crippen LogP contribution in [0.25, 0.3) is 83.4 Å². The van der Waals surface area contributed by atoms with Crippen LogP contribution in [0.2, 0.25) is 0 Å². The van der Waals surface area contributed by atoms with E-state index in [9.17, 15) is 0 Å². The first kappa shape index (κ1) is 36.6. The number of hydrogen-bond donors (Lipinski definition) is 0. The second-order valence-corrected chi connectivity index (χ2v) is 16.4. The van der Waals surface area contributed by atoms with Gasteiger partial charge < -0.3 is 9.13 Å². The number of fused-ring (bicyclic) bond motifs is 2. The Morgan fingerprint density at radius 3 is 1.46 bits per heavy atom. The fourth-order valence-electron chi connectivity index (χ4n) is 9.83. The van der Waals surface area contributed by atoms with E-state index in [-0.39, 0.29) is 5.92 Å². The summed E-state index contributed by atoms with van der Waals surface area (Å²) in [6, 6.07) is 67.1. The van der Waals surface area contributed by atoms with E-state index in [4.69, 9.17) is 0 Å². The first-order valence-electron chi connectivity index (χ1n) is 21.6. The highest BCUT2D eigenvalue weighted by Gasteiger charge is 2.25. The molecule has 0 amide bonds. The number of nitrogens with zero attached hydrogens (tertiary/aromatic N) is 2. The smallest absolute Gasteiger partial charge is 0.0535 e. The van der Waals surface area contributed by atoms with Gasteiger partial charge in [0.2, 0.25) is 0 Å². The molecule has 0 spiro atoms. The molecular weight excluding hydrogens is 737 g/mol. The Kier molecular flexibility index (Phi) is 9.39. The molecule has 0 aliphatic heterocycles. The van der Waals surface area contributed by atoms with Crippen molar-refractivity contribution >= 4 is 27.1 Å². The van der Waals surface area contributed by atoms with Crippen LogP contribution in [0.5, 0.6) is 0 Å². The molecule has 7 aromatic carbocycles. The molecule has 0 radical (unpaired) electrons. The van der Waals surface area contributed by atoms with Crippen molar-refractivity contribution in [2.45, 2.75) is 25.7 Å². The highest BCUT2D eigenvalue weighted by Crippen LogP contribution is 2.47. The molecule has 2 heterocycles. The molecule has 0 bridgehead atoms. The van der Waals surface area contributed by atoms with Crippen LogP contribution in [0.3, 0.4) is 0 Å². The molecule has 2 atom stereocenters. The lowest BCUT2D eigenvalue weighted by molar-refractivity contribution is 0.760. The summed E-state index contributed by atoms with van der Waals surface area (Å²) in [4.78, 5) is 0. The monoisotopic (exact) mass is 782 g/mol. The zero-order valence-corrected chi connectivity index (χ0v) is 34.3. The zero-order chi connectivity index (χ0) is 40.7. The molecule has 9 aromatic rings. The molecule has 2 aliphatic carbocycles. The molecule has 0 saturated heterocycles. The largest absolute Gasteiger partial charge is 0.313 e. The van der Waals surface area contributed by atoms with E-state index in [0.29, 0.717) is 5.92 Å². The molecule has 2 unspecified atom stereocenters. The van der Waals surface area contributed by atoms with E-state index >= 15 is 0 Å². The van der Waals surface area contributed by atoms with Crippen LogP contribution in [0.4, 0.5) is 0 Å². The van der Waals surface area contributed by atoms with Crippen LogP contribution >= 0.6 is 0 Å². The summed E-state index contributed by atoms with van der Waals surface area (Å²) in [5, 5.41) is 5.05. The third-order valence-corrected chi connectivity index (χ3v) is 12.7. The summed E-state index contributed by atoms with van der Waals surface area (Å²) in [6.45, 7) is 2.38. The predicted molar refractivity (Wildman–Crippen MR) is 258 cm³/mol. The molecule has 292 valence electrons. The second kappa shape index (κ2) is 15.6. The van der Waals surface area contributed by atoms with Gasteiger partial charge in [0.1, 0.15) is 0 Å². The maximum atomic E-state index is 2.51. The summed E-state index contributed by atoms with van der Waals surface area (Å²) in [5.74, 6) is 0.646. The van der Waals surface area contributed by atoms with Crippen molar-refractivity contribution in [3.8, 4) is 56.3 Å². The minimum Gasteiger partial charge on any atom is -0.313 e. The Morgan fingerprint density at radius 1 is 0.410 bits per heavy atom. The van der Waals surface area contributed by atoms with Gasteiger partial charge in [0, 0.05) is 23.0 Å². The van der Waals surface area contributed by atoms with Crippen LogP contribution in [0.15, 0.2) is 225 Å². The maximum Gasteiger partial charge on any atom is 0.0535 e. The summed E-state index contributed by atoms with van der Waals surface area (Å²) in [5.41, 5.74) is 15.9. The minimum atomic E-state index is 0.285. The van der Waals surface area contributed by atoms with Crippen molar-refractivity contribution in [2.75, 3.05) is 0 Å². The third-order valence-electron chi connectivity index (χ3n) is 12.7. The van der Waals surface area contributed by atoms with Crippen LogP contribution in [0, 0.1) is 5.92 Å². The molecule has 0 fully saturated rings. The van der Waals surface area contributed by atoms with Crippen molar-refractivity contribution < 1.29 is 0 Å². The van der Waals surface area contributed by atoms with Crippen molar-refractivity contribution in [3.63, 3.8) is 0 Å². The number of allylic oxidation sites excluding steroid dienone is 8. The van der Waals surface area contributed by atoms with Crippen molar-refractivity contribution in [2.24, 2.45) is 5.92 Å². The Bertz CT molecular complexity index is 3120. The lowest BCUT2D eigenvalue weighted by Gasteiger charge is -2.25. The second-order valence-electron chi connectivity index (χ2n) is 16.4. The van der Waals surface area contributed by atoms with Crippen molar-refractivity contribution in [1.29, 1.82) is 0 Å². The minimum absolute atomic E-state index is 0.285. The van der Waals surface area contributed by atoms with E-state index in [2.05, 4.69) is 241 Å². The average molecular weight is 783 g/mol. The quantitative estimate of drug-likeness (QED) is 0.136. The lowest BCUT2D eigenvalue weighted by Crippen LogP contribution is -2.08. The first-order chi connectivity index (χ1) is 30.2. The van der Waals surface area contributed by atoms with E-state index in [1.54, 1.807) is 0 Å². The van der Waals surface area contributed by atoms with Crippen LogP contribution in [-0.2, 0) is 0 Å². The van der Waals surface area contributed by atoms with E-state index in [0.717, 1.165) is 18.5 Å². The summed E-state index contributed by atoms with van der Waals surface area (Å²) >= 11 is 0. The third kappa shape index (κ3) is 6.53. The van der Waals surface area contributed by atoms with Gasteiger partial charge >= 0.3 is 0 Å². The van der Waals surface area contributed by atoms with Gasteiger partial charge in [-0.3, -0.25) is 0 Å². The molecule has 61 heavy (non-hydrogen) atoms. The standard InChI is InChI=1S/C59H46N2/c1-41-19-17-18-30-49(41)59-51-34-32-47(60-54(42-20-7-2-8-21-42)35-36-55(60)43-22-9-3-10-23-43)39-52(51)58(46-28-15-6-16-29-46)50-33-31-48(40-53(50)59)61-56(44-24-11-4-12-25-44)37-38-57(61)45-26-13-5-14-27-45/h2-18,20-22,24-41,43H,19,23H2,1H3. The molecule has 2 nitrogen and oxygen atoms in total. The van der Waals surface area contributed by atoms with Gasteiger partial charge in [-0.25, -0.2) is 0 Å². The summed E-state index contributed by atoms with van der Waals surface area (Å²) < 4.78 is 4.97. The predicted octanol–water partition coefficient (Wildman–Crippen LogP) is 15.8. The van der Waals surface area contributed by atoms with Gasteiger partial charge in [-0.1, -0.05) is 183 Å². The van der Waals surface area contributed by atoms with Crippen molar-refractivity contribution in [1.82, 2.24) is 9.13 Å². The van der Waals surface area contributed by atoms with Gasteiger partial charge in [-0.2, -0.15) is 0 Å². The number of aromatic nitrogens is 2. The van der Waals surface area contributed by atoms with Gasteiger partial charge in [0.15, 0.2) is 0 Å². The van der Waals surface area contributed by atoms with Gasteiger partial charge in [-0.15, -0.1) is 0 Å². The molecular formula is C59H46N2. The fourth-order valence-corrected chi connectivity index (χ4v) is 9.83. The zero-order valence-electron chi connectivity index (χ0n) is 34.3. The molecule has 0 N–H and O–H groups in total. The summed E-state index contributed by atoms with van der Waals surface area (Å²) in [7, 11) is 0. The Hall–Kier alpha value is -7.42. The molecule has 0 saturated carbocycles. The summed E-state index contributed by atoms with van der Waals surface area (Å²) in [6.07, 6.45) is 17.9. The normalized spacial score (nSPS) is 16.0. The van der Waals surface area contributed by atoms with Crippen LogP contribution < -0.4 is 0 Å². The van der Waals surface area contributed by atoms with E-state index < -0.39 is 0 Å². The number of benzene rings is 7. The highest BCUT2D eigenvalue weighted by molar-refractivity contribution is 6.19.